The molecule has 1 aliphatic rings. The first-order valence-electron chi connectivity index (χ1n) is 13.9. The highest BCUT2D eigenvalue weighted by Crippen LogP contribution is 2.31. The molecular weight excluding hydrogens is 598 g/mol. The molecule has 1 unspecified atom stereocenters. The maximum Gasteiger partial charge on any atom is 0.573 e. The lowest BCUT2D eigenvalue weighted by molar-refractivity contribution is -0.274. The number of nitrogens with zero attached hydrogens (tertiary/aromatic N) is 1. The van der Waals surface area contributed by atoms with E-state index in [1.807, 2.05) is 6.92 Å². The third kappa shape index (κ3) is 8.01. The molecule has 14 heteroatoms. The average Bonchev–Trinajstić information content (AvgIpc) is 3.30. The zero-order chi connectivity index (χ0) is 33.1. The molecule has 1 heterocycles. The van der Waals surface area contributed by atoms with Gasteiger partial charge in [0.25, 0.3) is 5.91 Å². The number of anilines is 2. The molecule has 1 aliphatic heterocycles. The van der Waals surface area contributed by atoms with Gasteiger partial charge in [-0.25, -0.2) is 14.0 Å². The van der Waals surface area contributed by atoms with E-state index >= 15 is 0 Å². The SMILES string of the molecule is CNCc1cc(NC(=O)N(C)C[C@H](C)c2ccc(C(Nc3cc4c(cc3F)CNC4=O)C(=O)O)cc2C)ccc1OC(F)(F)F. The van der Waals surface area contributed by atoms with E-state index in [1.54, 1.807) is 39.2 Å². The Morgan fingerprint density at radius 2 is 1.87 bits per heavy atom. The number of hydrogen-bond acceptors (Lipinski definition) is 6. The standard InChI is InChI=1S/C31H33F4N5O5/c1-16-9-18(27(29(42)43)39-25-12-23-19(11-24(25)32)14-37-28(23)41)5-7-22(16)17(2)15-40(4)30(44)38-21-6-8-26(45-31(33,34)35)20(10-21)13-36-3/h5-12,17,27,36,39H,13-15H2,1-4H3,(H,37,41)(H,38,44)(H,42,43)/t17-,27?/m0/s1. The summed E-state index contributed by atoms with van der Waals surface area (Å²) in [4.78, 5) is 38.5. The number of aliphatic carboxylic acids is 1. The molecule has 3 aromatic rings. The summed E-state index contributed by atoms with van der Waals surface area (Å²) < 4.78 is 57.0. The molecule has 4 rings (SSSR count). The van der Waals surface area contributed by atoms with E-state index in [4.69, 9.17) is 0 Å². The van der Waals surface area contributed by atoms with Crippen molar-refractivity contribution < 1.29 is 41.8 Å². The van der Waals surface area contributed by atoms with Gasteiger partial charge in [-0.3, -0.25) is 4.79 Å². The molecule has 0 aromatic heterocycles. The molecule has 0 bridgehead atoms. The second-order valence-corrected chi connectivity index (χ2v) is 10.8. The number of alkyl halides is 3. The number of halogens is 4. The van der Waals surface area contributed by atoms with E-state index < -0.39 is 30.2 Å². The van der Waals surface area contributed by atoms with Crippen LogP contribution in [0.3, 0.4) is 0 Å². The summed E-state index contributed by atoms with van der Waals surface area (Å²) in [6.45, 7) is 4.22. The molecule has 0 fully saturated rings. The molecule has 0 saturated carbocycles. The molecule has 2 atom stereocenters. The van der Waals surface area contributed by atoms with Crippen LogP contribution in [-0.4, -0.2) is 54.9 Å². The number of rotatable bonds is 11. The van der Waals surface area contributed by atoms with Crippen molar-refractivity contribution in [1.82, 2.24) is 15.5 Å². The van der Waals surface area contributed by atoms with Crippen molar-refractivity contribution in [2.45, 2.75) is 45.3 Å². The van der Waals surface area contributed by atoms with Gasteiger partial charge in [-0.2, -0.15) is 0 Å². The predicted octanol–water partition coefficient (Wildman–Crippen LogP) is 5.50. The highest BCUT2D eigenvalue weighted by Gasteiger charge is 2.32. The normalized spacial score (nSPS) is 13.8. The fourth-order valence-electron chi connectivity index (χ4n) is 5.25. The number of fused-ring (bicyclic) bond motifs is 1. The molecule has 5 N–H and O–H groups in total. The number of aryl methyl sites for hydroxylation is 1. The van der Waals surface area contributed by atoms with E-state index in [1.165, 1.54) is 29.2 Å². The Bertz CT molecular complexity index is 1610. The number of carboxylic acids is 1. The molecule has 0 radical (unpaired) electrons. The molecule has 240 valence electrons. The fourth-order valence-corrected chi connectivity index (χ4v) is 5.25. The summed E-state index contributed by atoms with van der Waals surface area (Å²) in [5.74, 6) is -2.85. The molecule has 3 amide bonds. The van der Waals surface area contributed by atoms with Crippen molar-refractivity contribution in [1.29, 1.82) is 0 Å². The molecule has 0 spiro atoms. The highest BCUT2D eigenvalue weighted by atomic mass is 19.4. The van der Waals surface area contributed by atoms with Crippen molar-refractivity contribution in [3.05, 3.63) is 87.7 Å². The Labute approximate surface area is 256 Å². The Hall–Kier alpha value is -4.85. The van der Waals surface area contributed by atoms with Crippen LogP contribution in [0.1, 0.15) is 57.1 Å². The van der Waals surface area contributed by atoms with Crippen LogP contribution in [0.2, 0.25) is 0 Å². The van der Waals surface area contributed by atoms with Gasteiger partial charge in [0.1, 0.15) is 11.6 Å². The van der Waals surface area contributed by atoms with E-state index in [0.717, 1.165) is 17.2 Å². The maximum absolute atomic E-state index is 14.7. The smallest absolute Gasteiger partial charge is 0.479 e. The minimum Gasteiger partial charge on any atom is -0.479 e. The van der Waals surface area contributed by atoms with Crippen molar-refractivity contribution in [3.63, 3.8) is 0 Å². The largest absolute Gasteiger partial charge is 0.573 e. The number of carbonyl (C=O) groups is 3. The van der Waals surface area contributed by atoms with Gasteiger partial charge >= 0.3 is 18.4 Å². The van der Waals surface area contributed by atoms with Gasteiger partial charge in [-0.15, -0.1) is 13.2 Å². The van der Waals surface area contributed by atoms with Crippen molar-refractivity contribution in [3.8, 4) is 5.75 Å². The average molecular weight is 632 g/mol. The molecule has 10 nitrogen and oxygen atoms in total. The monoisotopic (exact) mass is 631 g/mol. The number of amides is 3. The van der Waals surface area contributed by atoms with Crippen LogP contribution in [0.25, 0.3) is 0 Å². The van der Waals surface area contributed by atoms with Gasteiger partial charge < -0.3 is 36.0 Å². The minimum atomic E-state index is -4.86. The number of hydrogen-bond donors (Lipinski definition) is 5. The van der Waals surface area contributed by atoms with E-state index in [0.29, 0.717) is 11.1 Å². The van der Waals surface area contributed by atoms with Crippen LogP contribution in [-0.2, 0) is 17.9 Å². The Morgan fingerprint density at radius 3 is 2.51 bits per heavy atom. The summed E-state index contributed by atoms with van der Waals surface area (Å²) in [6, 6.07) is 9.58. The molecule has 45 heavy (non-hydrogen) atoms. The molecule has 0 saturated heterocycles. The second-order valence-electron chi connectivity index (χ2n) is 10.8. The van der Waals surface area contributed by atoms with Crippen LogP contribution < -0.4 is 26.0 Å². The Kier molecular flexibility index (Phi) is 9.86. The van der Waals surface area contributed by atoms with Crippen molar-refractivity contribution in [2.75, 3.05) is 31.3 Å². The number of benzene rings is 3. The number of ether oxygens (including phenoxy) is 1. The summed E-state index contributed by atoms with van der Waals surface area (Å²) in [5, 5.41) is 20.7. The molecular formula is C31H33F4N5O5. The number of likely N-dealkylation sites (N-methyl/N-ethyl adjacent to an activating group) is 1. The zero-order valence-electron chi connectivity index (χ0n) is 24.9. The van der Waals surface area contributed by atoms with Gasteiger partial charge in [0.05, 0.1) is 5.69 Å². The number of carboxylic acid groups (broad SMARTS) is 1. The van der Waals surface area contributed by atoms with Crippen LogP contribution in [0.4, 0.5) is 33.7 Å². The lowest BCUT2D eigenvalue weighted by Crippen LogP contribution is -2.34. The van der Waals surface area contributed by atoms with Crippen LogP contribution in [0.5, 0.6) is 5.75 Å². The quantitative estimate of drug-likeness (QED) is 0.177. The molecule has 3 aromatic carbocycles. The predicted molar refractivity (Wildman–Crippen MR) is 159 cm³/mol. The van der Waals surface area contributed by atoms with Gasteiger partial charge in [-0.1, -0.05) is 25.1 Å². The van der Waals surface area contributed by atoms with Crippen LogP contribution in [0, 0.1) is 12.7 Å². The van der Waals surface area contributed by atoms with Crippen molar-refractivity contribution >= 4 is 29.3 Å². The first-order chi connectivity index (χ1) is 21.2. The first kappa shape index (κ1) is 33.1. The molecule has 0 aliphatic carbocycles. The maximum atomic E-state index is 14.7. The lowest BCUT2D eigenvalue weighted by Gasteiger charge is -2.24. The summed E-state index contributed by atoms with van der Waals surface area (Å²) in [6.07, 6.45) is -4.86. The summed E-state index contributed by atoms with van der Waals surface area (Å²) >= 11 is 0. The third-order valence-corrected chi connectivity index (χ3v) is 7.38. The van der Waals surface area contributed by atoms with Gasteiger partial charge in [-0.05, 0) is 72.5 Å². The number of urea groups is 1. The Morgan fingerprint density at radius 1 is 1.13 bits per heavy atom. The zero-order valence-corrected chi connectivity index (χ0v) is 24.9. The van der Waals surface area contributed by atoms with Gasteiger partial charge in [0, 0.05) is 43.5 Å². The topological polar surface area (TPSA) is 132 Å². The van der Waals surface area contributed by atoms with Crippen molar-refractivity contribution in [2.24, 2.45) is 0 Å². The summed E-state index contributed by atoms with van der Waals surface area (Å²) in [5.41, 5.74) is 3.10. The number of nitrogens with one attached hydrogen (secondary N) is 4. The lowest BCUT2D eigenvalue weighted by atomic mass is 9.92. The fraction of sp³-hybridized carbons (Fsp3) is 0.323. The Balaban J connectivity index is 1.44. The van der Waals surface area contributed by atoms with E-state index in [-0.39, 0.29) is 59.7 Å². The van der Waals surface area contributed by atoms with E-state index in [9.17, 15) is 37.1 Å². The van der Waals surface area contributed by atoms with Gasteiger partial charge in [0.15, 0.2) is 6.04 Å². The van der Waals surface area contributed by atoms with Crippen LogP contribution in [0.15, 0.2) is 48.5 Å². The highest BCUT2D eigenvalue weighted by molar-refractivity contribution is 5.99. The van der Waals surface area contributed by atoms with Gasteiger partial charge in [0.2, 0.25) is 0 Å². The number of carbonyl (C=O) groups excluding carboxylic acids is 2. The first-order valence-corrected chi connectivity index (χ1v) is 13.9. The summed E-state index contributed by atoms with van der Waals surface area (Å²) in [7, 11) is 3.14. The second kappa shape index (κ2) is 13.4. The van der Waals surface area contributed by atoms with E-state index in [2.05, 4.69) is 26.0 Å². The minimum absolute atomic E-state index is 0.0783. The third-order valence-electron chi connectivity index (χ3n) is 7.38. The van der Waals surface area contributed by atoms with Crippen LogP contribution >= 0.6 is 0 Å².